The Morgan fingerprint density at radius 1 is 1.31 bits per heavy atom. The number of amides is 1. The van der Waals surface area contributed by atoms with Crippen molar-refractivity contribution in [3.05, 3.63) is 0 Å². The molecule has 4 nitrogen and oxygen atoms in total. The van der Waals surface area contributed by atoms with Crippen LogP contribution < -0.4 is 16.0 Å². The van der Waals surface area contributed by atoms with E-state index in [4.69, 9.17) is 0 Å². The van der Waals surface area contributed by atoms with Gasteiger partial charge in [-0.2, -0.15) is 0 Å². The number of piperidine rings is 1. The van der Waals surface area contributed by atoms with E-state index < -0.39 is 0 Å². The molecule has 0 aromatic carbocycles. The van der Waals surface area contributed by atoms with Gasteiger partial charge in [-0.15, -0.1) is 0 Å². The topological polar surface area (TPSA) is 53.2 Å². The summed E-state index contributed by atoms with van der Waals surface area (Å²) in [6.07, 6.45) is 1.01. The lowest BCUT2D eigenvalue weighted by Crippen LogP contribution is -2.54. The van der Waals surface area contributed by atoms with Crippen LogP contribution in [0.15, 0.2) is 0 Å². The minimum Gasteiger partial charge on any atom is -0.351 e. The second-order valence-electron chi connectivity index (χ2n) is 4.32. The Morgan fingerprint density at radius 3 is 2.54 bits per heavy atom. The molecule has 0 radical (unpaired) electrons. The first kappa shape index (κ1) is 7.76. The standard InChI is InChI=1S/C9H15N3O/c13-9(7-1-2-11-7)12-8-5-3-10-4-6(5)8/h5-8,10-11H,1-4H2,(H,12,13)/t5-,6+,7-,8?/m1/s1. The van der Waals surface area contributed by atoms with Gasteiger partial charge >= 0.3 is 0 Å². The molecule has 1 saturated carbocycles. The molecule has 0 aromatic rings. The molecule has 72 valence electrons. The molecule has 1 aliphatic carbocycles. The van der Waals surface area contributed by atoms with Crippen molar-refractivity contribution in [3.8, 4) is 0 Å². The lowest BCUT2D eigenvalue weighted by Gasteiger charge is -2.26. The van der Waals surface area contributed by atoms with Crippen LogP contribution in [0.25, 0.3) is 0 Å². The predicted molar refractivity (Wildman–Crippen MR) is 48.2 cm³/mol. The lowest BCUT2D eigenvalue weighted by atomic mass is 10.1. The van der Waals surface area contributed by atoms with Crippen LogP contribution >= 0.6 is 0 Å². The summed E-state index contributed by atoms with van der Waals surface area (Å²) < 4.78 is 0. The molecule has 3 N–H and O–H groups in total. The van der Waals surface area contributed by atoms with Crippen molar-refractivity contribution in [2.75, 3.05) is 19.6 Å². The SMILES string of the molecule is O=C(NC1[C@H]2CNC[C@@H]12)[C@H]1CCN1. The lowest BCUT2D eigenvalue weighted by molar-refractivity contribution is -0.125. The molecule has 4 heteroatoms. The van der Waals surface area contributed by atoms with E-state index in [0.717, 1.165) is 37.9 Å². The fraction of sp³-hybridized carbons (Fsp3) is 0.889. The third-order valence-corrected chi connectivity index (χ3v) is 3.54. The van der Waals surface area contributed by atoms with E-state index in [0.29, 0.717) is 6.04 Å². The average molecular weight is 181 g/mol. The first-order valence-corrected chi connectivity index (χ1v) is 5.11. The molecule has 3 aliphatic rings. The van der Waals surface area contributed by atoms with Crippen LogP contribution in [0, 0.1) is 11.8 Å². The number of fused-ring (bicyclic) bond motifs is 1. The van der Waals surface area contributed by atoms with Gasteiger partial charge in [0, 0.05) is 19.1 Å². The molecular formula is C9H15N3O. The van der Waals surface area contributed by atoms with Gasteiger partial charge in [0.2, 0.25) is 5.91 Å². The molecule has 3 fully saturated rings. The smallest absolute Gasteiger partial charge is 0.237 e. The van der Waals surface area contributed by atoms with Crippen molar-refractivity contribution >= 4 is 5.91 Å². The van der Waals surface area contributed by atoms with Crippen LogP contribution in [0.5, 0.6) is 0 Å². The second-order valence-corrected chi connectivity index (χ2v) is 4.32. The van der Waals surface area contributed by atoms with Crippen LogP contribution in [0.1, 0.15) is 6.42 Å². The summed E-state index contributed by atoms with van der Waals surface area (Å²) in [5, 5.41) is 9.55. The van der Waals surface area contributed by atoms with E-state index in [9.17, 15) is 4.79 Å². The van der Waals surface area contributed by atoms with Crippen LogP contribution in [-0.2, 0) is 4.79 Å². The van der Waals surface area contributed by atoms with Gasteiger partial charge in [-0.3, -0.25) is 4.79 Å². The van der Waals surface area contributed by atoms with E-state index in [1.807, 2.05) is 0 Å². The minimum absolute atomic E-state index is 0.106. The third-order valence-electron chi connectivity index (χ3n) is 3.54. The Morgan fingerprint density at radius 2 is 2.00 bits per heavy atom. The summed E-state index contributed by atoms with van der Waals surface area (Å²) in [6.45, 7) is 3.18. The Hall–Kier alpha value is -0.610. The molecule has 4 atom stereocenters. The minimum atomic E-state index is 0.106. The maximum atomic E-state index is 11.5. The zero-order chi connectivity index (χ0) is 8.84. The Bertz CT molecular complexity index is 229. The molecule has 2 saturated heterocycles. The number of carbonyl (C=O) groups excluding carboxylic acids is 1. The number of nitrogens with one attached hydrogen (secondary N) is 3. The molecule has 0 spiro atoms. The molecule has 0 aromatic heterocycles. The summed E-state index contributed by atoms with van der Waals surface area (Å²) in [5.41, 5.74) is 0. The van der Waals surface area contributed by atoms with Crippen molar-refractivity contribution in [1.29, 1.82) is 0 Å². The highest BCUT2D eigenvalue weighted by Gasteiger charge is 2.54. The molecule has 1 unspecified atom stereocenters. The van der Waals surface area contributed by atoms with Crippen LogP contribution in [0.3, 0.4) is 0 Å². The molecule has 2 aliphatic heterocycles. The van der Waals surface area contributed by atoms with Gasteiger partial charge < -0.3 is 16.0 Å². The van der Waals surface area contributed by atoms with Crippen molar-refractivity contribution in [1.82, 2.24) is 16.0 Å². The van der Waals surface area contributed by atoms with E-state index in [-0.39, 0.29) is 11.9 Å². The Labute approximate surface area is 77.5 Å². The Kier molecular flexibility index (Phi) is 1.60. The summed E-state index contributed by atoms with van der Waals surface area (Å²) in [5.74, 6) is 1.67. The van der Waals surface area contributed by atoms with Crippen molar-refractivity contribution < 1.29 is 4.79 Å². The van der Waals surface area contributed by atoms with Gasteiger partial charge in [0.15, 0.2) is 0 Å². The van der Waals surface area contributed by atoms with Gasteiger partial charge in [-0.05, 0) is 24.8 Å². The quantitative estimate of drug-likeness (QED) is 0.495. The maximum absolute atomic E-state index is 11.5. The number of rotatable bonds is 2. The van der Waals surface area contributed by atoms with Gasteiger partial charge in [0.25, 0.3) is 0 Å². The zero-order valence-corrected chi connectivity index (χ0v) is 7.55. The molecule has 13 heavy (non-hydrogen) atoms. The van der Waals surface area contributed by atoms with E-state index in [2.05, 4.69) is 16.0 Å². The van der Waals surface area contributed by atoms with Gasteiger partial charge in [-0.25, -0.2) is 0 Å². The Balaban J connectivity index is 1.50. The zero-order valence-electron chi connectivity index (χ0n) is 7.55. The number of hydrogen-bond donors (Lipinski definition) is 3. The average Bonchev–Trinajstić information content (AvgIpc) is 2.50. The van der Waals surface area contributed by atoms with E-state index in [1.54, 1.807) is 0 Å². The monoisotopic (exact) mass is 181 g/mol. The summed E-state index contributed by atoms with van der Waals surface area (Å²) in [6, 6.07) is 0.588. The summed E-state index contributed by atoms with van der Waals surface area (Å²) in [7, 11) is 0. The maximum Gasteiger partial charge on any atom is 0.237 e. The highest BCUT2D eigenvalue weighted by Crippen LogP contribution is 2.41. The first-order valence-electron chi connectivity index (χ1n) is 5.11. The second kappa shape index (κ2) is 2.69. The van der Waals surface area contributed by atoms with E-state index >= 15 is 0 Å². The van der Waals surface area contributed by atoms with E-state index in [1.165, 1.54) is 0 Å². The largest absolute Gasteiger partial charge is 0.351 e. The van der Waals surface area contributed by atoms with Crippen LogP contribution in [0.4, 0.5) is 0 Å². The summed E-state index contributed by atoms with van der Waals surface area (Å²) >= 11 is 0. The summed E-state index contributed by atoms with van der Waals surface area (Å²) in [4.78, 5) is 11.5. The highest BCUT2D eigenvalue weighted by atomic mass is 16.2. The van der Waals surface area contributed by atoms with Crippen LogP contribution in [-0.4, -0.2) is 37.6 Å². The first-order chi connectivity index (χ1) is 6.36. The third kappa shape index (κ3) is 1.16. The fourth-order valence-electron chi connectivity index (χ4n) is 2.41. The fourth-order valence-corrected chi connectivity index (χ4v) is 2.41. The van der Waals surface area contributed by atoms with Crippen LogP contribution in [0.2, 0.25) is 0 Å². The molecule has 0 bridgehead atoms. The number of hydrogen-bond acceptors (Lipinski definition) is 3. The normalized spacial score (nSPS) is 46.5. The van der Waals surface area contributed by atoms with Crippen molar-refractivity contribution in [2.24, 2.45) is 11.8 Å². The number of carbonyl (C=O) groups is 1. The van der Waals surface area contributed by atoms with Gasteiger partial charge in [0.05, 0.1) is 6.04 Å². The van der Waals surface area contributed by atoms with Crippen molar-refractivity contribution in [3.63, 3.8) is 0 Å². The molecular weight excluding hydrogens is 166 g/mol. The molecule has 2 heterocycles. The highest BCUT2D eigenvalue weighted by molar-refractivity contribution is 5.83. The van der Waals surface area contributed by atoms with Crippen molar-refractivity contribution in [2.45, 2.75) is 18.5 Å². The molecule has 3 rings (SSSR count). The van der Waals surface area contributed by atoms with Gasteiger partial charge in [0.1, 0.15) is 0 Å². The molecule has 1 amide bonds. The predicted octanol–water partition coefficient (Wildman–Crippen LogP) is -1.32. The van der Waals surface area contributed by atoms with Gasteiger partial charge in [-0.1, -0.05) is 0 Å².